The van der Waals surface area contributed by atoms with Gasteiger partial charge in [-0.2, -0.15) is 0 Å². The summed E-state index contributed by atoms with van der Waals surface area (Å²) in [5.41, 5.74) is 1.80. The molecule has 5 heteroatoms. The van der Waals surface area contributed by atoms with Crippen molar-refractivity contribution in [2.24, 2.45) is 0 Å². The molecule has 0 unspecified atom stereocenters. The Morgan fingerprint density at radius 1 is 1.09 bits per heavy atom. The van der Waals surface area contributed by atoms with Crippen LogP contribution in [-0.2, 0) is 6.42 Å². The van der Waals surface area contributed by atoms with Crippen LogP contribution in [0.15, 0.2) is 59.1 Å². The van der Waals surface area contributed by atoms with Crippen molar-refractivity contribution < 1.29 is 14.4 Å². The van der Waals surface area contributed by atoms with Crippen molar-refractivity contribution >= 4 is 17.6 Å². The molecule has 0 atom stereocenters. The fourth-order valence-electron chi connectivity index (χ4n) is 2.28. The molecule has 0 radical (unpaired) electrons. The van der Waals surface area contributed by atoms with Gasteiger partial charge in [0.05, 0.1) is 5.02 Å². The molecule has 0 spiro atoms. The van der Waals surface area contributed by atoms with Crippen LogP contribution in [-0.4, -0.2) is 16.2 Å². The van der Waals surface area contributed by atoms with E-state index >= 15 is 0 Å². The van der Waals surface area contributed by atoms with E-state index in [0.717, 1.165) is 5.56 Å². The Balaban J connectivity index is 2.07. The molecule has 0 saturated heterocycles. The van der Waals surface area contributed by atoms with Crippen LogP contribution in [0.4, 0.5) is 0 Å². The third kappa shape index (κ3) is 2.73. The fourth-order valence-corrected chi connectivity index (χ4v) is 2.51. The lowest BCUT2D eigenvalue weighted by atomic mass is 10.0. The third-order valence-electron chi connectivity index (χ3n) is 3.31. The van der Waals surface area contributed by atoms with E-state index in [1.807, 2.05) is 30.3 Å². The van der Waals surface area contributed by atoms with E-state index < -0.39 is 5.97 Å². The van der Waals surface area contributed by atoms with Gasteiger partial charge in [-0.05, 0) is 11.6 Å². The number of aromatic carboxylic acids is 1. The van der Waals surface area contributed by atoms with Gasteiger partial charge in [0.1, 0.15) is 11.3 Å². The van der Waals surface area contributed by atoms with Gasteiger partial charge in [-0.3, -0.25) is 0 Å². The third-order valence-corrected chi connectivity index (χ3v) is 3.64. The van der Waals surface area contributed by atoms with Crippen molar-refractivity contribution in [1.82, 2.24) is 5.16 Å². The zero-order chi connectivity index (χ0) is 15.5. The van der Waals surface area contributed by atoms with E-state index in [-0.39, 0.29) is 11.3 Å². The van der Waals surface area contributed by atoms with Crippen molar-refractivity contribution in [3.05, 3.63) is 76.5 Å². The van der Waals surface area contributed by atoms with Crippen molar-refractivity contribution in [2.45, 2.75) is 6.42 Å². The molecule has 0 aliphatic heterocycles. The number of hydrogen-bond acceptors (Lipinski definition) is 3. The molecule has 1 heterocycles. The molecule has 0 fully saturated rings. The van der Waals surface area contributed by atoms with Crippen LogP contribution in [0.25, 0.3) is 11.3 Å². The zero-order valence-electron chi connectivity index (χ0n) is 11.5. The van der Waals surface area contributed by atoms with Crippen LogP contribution in [0.2, 0.25) is 5.02 Å². The molecule has 0 aliphatic rings. The summed E-state index contributed by atoms with van der Waals surface area (Å²) in [6, 6.07) is 16.5. The summed E-state index contributed by atoms with van der Waals surface area (Å²) >= 11 is 6.13. The molecule has 22 heavy (non-hydrogen) atoms. The van der Waals surface area contributed by atoms with E-state index in [9.17, 15) is 9.90 Å². The number of carbonyl (C=O) groups is 1. The molecule has 0 amide bonds. The van der Waals surface area contributed by atoms with E-state index in [1.165, 1.54) is 0 Å². The zero-order valence-corrected chi connectivity index (χ0v) is 12.2. The topological polar surface area (TPSA) is 63.3 Å². The average Bonchev–Trinajstić information content (AvgIpc) is 2.92. The van der Waals surface area contributed by atoms with Crippen molar-refractivity contribution in [3.8, 4) is 11.3 Å². The minimum atomic E-state index is -1.08. The highest BCUT2D eigenvalue weighted by atomic mass is 35.5. The van der Waals surface area contributed by atoms with Crippen LogP contribution in [0, 0.1) is 0 Å². The number of hydrogen-bond donors (Lipinski definition) is 1. The Labute approximate surface area is 131 Å². The molecule has 2 aromatic carbocycles. The number of carboxylic acid groups (broad SMARTS) is 1. The molecule has 110 valence electrons. The predicted octanol–water partition coefficient (Wildman–Crippen LogP) is 4.28. The van der Waals surface area contributed by atoms with Crippen LogP contribution in [0.5, 0.6) is 0 Å². The maximum absolute atomic E-state index is 11.6. The number of halogens is 1. The summed E-state index contributed by atoms with van der Waals surface area (Å²) in [5.74, 6) is -0.768. The molecule has 1 N–H and O–H groups in total. The van der Waals surface area contributed by atoms with Gasteiger partial charge in [0.2, 0.25) is 0 Å². The van der Waals surface area contributed by atoms with Crippen molar-refractivity contribution in [3.63, 3.8) is 0 Å². The van der Waals surface area contributed by atoms with E-state index in [4.69, 9.17) is 16.1 Å². The van der Waals surface area contributed by atoms with Crippen LogP contribution >= 0.6 is 11.6 Å². The second kappa shape index (κ2) is 6.03. The highest BCUT2D eigenvalue weighted by Crippen LogP contribution is 2.32. The lowest BCUT2D eigenvalue weighted by molar-refractivity contribution is 0.0695. The Hall–Kier alpha value is -2.59. The fraction of sp³-hybridized carbons (Fsp3) is 0.0588. The van der Waals surface area contributed by atoms with Gasteiger partial charge >= 0.3 is 5.97 Å². The van der Waals surface area contributed by atoms with Gasteiger partial charge < -0.3 is 9.63 Å². The SMILES string of the molecule is O=C(O)c1c(-c2ccccc2Cl)noc1Cc1ccccc1. The van der Waals surface area contributed by atoms with Gasteiger partial charge in [0.25, 0.3) is 0 Å². The van der Waals surface area contributed by atoms with Gasteiger partial charge in [0.15, 0.2) is 5.76 Å². The van der Waals surface area contributed by atoms with Gasteiger partial charge in [-0.1, -0.05) is 65.3 Å². The van der Waals surface area contributed by atoms with Crippen LogP contribution < -0.4 is 0 Å². The van der Waals surface area contributed by atoms with Crippen LogP contribution in [0.3, 0.4) is 0 Å². The lowest BCUT2D eigenvalue weighted by Crippen LogP contribution is -2.02. The lowest BCUT2D eigenvalue weighted by Gasteiger charge is -2.02. The van der Waals surface area contributed by atoms with Gasteiger partial charge in [0, 0.05) is 12.0 Å². The summed E-state index contributed by atoms with van der Waals surface area (Å²) < 4.78 is 5.28. The number of nitrogens with zero attached hydrogens (tertiary/aromatic N) is 1. The molecule has 0 saturated carbocycles. The number of benzene rings is 2. The molecule has 0 bridgehead atoms. The number of carboxylic acids is 1. The maximum Gasteiger partial charge on any atom is 0.341 e. The molecule has 1 aromatic heterocycles. The van der Waals surface area contributed by atoms with Crippen LogP contribution in [0.1, 0.15) is 21.7 Å². The standard InChI is InChI=1S/C17H12ClNO3/c18-13-9-5-4-8-12(13)16-15(17(20)21)14(22-19-16)10-11-6-2-1-3-7-11/h1-9H,10H2,(H,20,21). The quantitative estimate of drug-likeness (QED) is 0.780. The van der Waals surface area contributed by atoms with Gasteiger partial charge in [-0.15, -0.1) is 0 Å². The summed E-state index contributed by atoms with van der Waals surface area (Å²) in [6.07, 6.45) is 0.361. The average molecular weight is 314 g/mol. The predicted molar refractivity (Wildman–Crippen MR) is 83.2 cm³/mol. The molecule has 4 nitrogen and oxygen atoms in total. The highest BCUT2D eigenvalue weighted by Gasteiger charge is 2.24. The molecule has 3 aromatic rings. The first kappa shape index (κ1) is 14.4. The summed E-state index contributed by atoms with van der Waals surface area (Å²) in [4.78, 5) is 11.6. The first-order valence-electron chi connectivity index (χ1n) is 6.67. The van der Waals surface area contributed by atoms with Crippen molar-refractivity contribution in [1.29, 1.82) is 0 Å². The minimum Gasteiger partial charge on any atom is -0.477 e. The summed E-state index contributed by atoms with van der Waals surface area (Å²) in [5, 5.41) is 13.9. The highest BCUT2D eigenvalue weighted by molar-refractivity contribution is 6.33. The second-order valence-electron chi connectivity index (χ2n) is 4.78. The van der Waals surface area contributed by atoms with E-state index in [0.29, 0.717) is 22.8 Å². The Kier molecular flexibility index (Phi) is 3.94. The van der Waals surface area contributed by atoms with E-state index in [1.54, 1.807) is 24.3 Å². The van der Waals surface area contributed by atoms with E-state index in [2.05, 4.69) is 5.16 Å². The Bertz CT molecular complexity index is 812. The maximum atomic E-state index is 11.6. The first-order valence-corrected chi connectivity index (χ1v) is 7.05. The summed E-state index contributed by atoms with van der Waals surface area (Å²) in [6.45, 7) is 0. The number of rotatable bonds is 4. The first-order chi connectivity index (χ1) is 10.7. The Morgan fingerprint density at radius 2 is 1.77 bits per heavy atom. The molecular formula is C17H12ClNO3. The normalized spacial score (nSPS) is 10.6. The monoisotopic (exact) mass is 313 g/mol. The minimum absolute atomic E-state index is 0.0527. The molecule has 0 aliphatic carbocycles. The smallest absolute Gasteiger partial charge is 0.341 e. The Morgan fingerprint density at radius 3 is 2.45 bits per heavy atom. The number of aromatic nitrogens is 1. The van der Waals surface area contributed by atoms with Crippen molar-refractivity contribution in [2.75, 3.05) is 0 Å². The second-order valence-corrected chi connectivity index (χ2v) is 5.18. The largest absolute Gasteiger partial charge is 0.477 e. The molecule has 3 rings (SSSR count). The van der Waals surface area contributed by atoms with Gasteiger partial charge in [-0.25, -0.2) is 4.79 Å². The molecular weight excluding hydrogens is 302 g/mol. The summed E-state index contributed by atoms with van der Waals surface area (Å²) in [7, 11) is 0.